The summed E-state index contributed by atoms with van der Waals surface area (Å²) in [5.74, 6) is 0. The topological polar surface area (TPSA) is 57.4 Å². The molecule has 120 valence electrons. The van der Waals surface area contributed by atoms with Crippen molar-refractivity contribution in [3.8, 4) is 0 Å². The first-order valence-electron chi connectivity index (χ1n) is 7.95. The number of nitrogens with one attached hydrogen (secondary N) is 2. The van der Waals surface area contributed by atoms with E-state index >= 15 is 0 Å². The van der Waals surface area contributed by atoms with E-state index in [0.717, 1.165) is 44.8 Å². The Balaban J connectivity index is 1.87. The number of hydrogen-bond donors (Lipinski definition) is 2. The van der Waals surface area contributed by atoms with Gasteiger partial charge in [-0.25, -0.2) is 9.97 Å². The Morgan fingerprint density at radius 3 is 1.92 bits per heavy atom. The molecule has 0 aliphatic carbocycles. The summed E-state index contributed by atoms with van der Waals surface area (Å²) in [4.78, 5) is 15.9. The molecule has 5 heterocycles. The fourth-order valence-corrected chi connectivity index (χ4v) is 3.20. The molecule has 3 aromatic rings. The molecule has 2 aliphatic rings. The van der Waals surface area contributed by atoms with E-state index in [9.17, 15) is 0 Å². The van der Waals surface area contributed by atoms with Crippen molar-refractivity contribution in [1.29, 1.82) is 0 Å². The number of nitrogens with zero attached hydrogens (tertiary/aromatic N) is 2. The van der Waals surface area contributed by atoms with Crippen LogP contribution in [0.1, 0.15) is 22.8 Å². The molecule has 8 bridgehead atoms. The monoisotopic (exact) mass is 344 g/mol. The second-order valence-corrected chi connectivity index (χ2v) is 6.43. The van der Waals surface area contributed by atoms with E-state index in [0.29, 0.717) is 5.02 Å². The van der Waals surface area contributed by atoms with E-state index in [4.69, 9.17) is 11.6 Å². The molecule has 4 nitrogen and oxygen atoms in total. The number of aromatic nitrogens is 4. The highest BCUT2D eigenvalue weighted by molar-refractivity contribution is 6.34. The van der Waals surface area contributed by atoms with Gasteiger partial charge in [-0.05, 0) is 66.8 Å². The van der Waals surface area contributed by atoms with Gasteiger partial charge in [-0.2, -0.15) is 0 Å². The fourth-order valence-electron chi connectivity index (χ4n) is 2.98. The predicted molar refractivity (Wildman–Crippen MR) is 104 cm³/mol. The average molecular weight is 345 g/mol. The number of H-pyrrole nitrogens is 2. The molecule has 5 heteroatoms. The van der Waals surface area contributed by atoms with Crippen molar-refractivity contribution < 1.29 is 0 Å². The molecule has 0 saturated carbocycles. The third-order valence-corrected chi connectivity index (χ3v) is 4.43. The number of halogens is 1. The van der Waals surface area contributed by atoms with Crippen molar-refractivity contribution in [2.24, 2.45) is 0 Å². The average Bonchev–Trinajstić information content (AvgIpc) is 3.33. The van der Waals surface area contributed by atoms with Crippen molar-refractivity contribution in [3.05, 3.63) is 70.3 Å². The second-order valence-electron chi connectivity index (χ2n) is 6.02. The molecule has 3 aromatic heterocycles. The van der Waals surface area contributed by atoms with Crippen LogP contribution < -0.4 is 0 Å². The Kier molecular flexibility index (Phi) is 3.11. The predicted octanol–water partition coefficient (Wildman–Crippen LogP) is 5.31. The van der Waals surface area contributed by atoms with Crippen LogP contribution in [0.15, 0.2) is 42.5 Å². The first-order chi connectivity index (χ1) is 12.2. The molecule has 2 aliphatic heterocycles. The third kappa shape index (κ3) is 2.77. The highest BCUT2D eigenvalue weighted by atomic mass is 35.5. The highest BCUT2D eigenvalue weighted by Gasteiger charge is 2.03. The van der Waals surface area contributed by atoms with E-state index in [1.807, 2.05) is 66.8 Å². The minimum Gasteiger partial charge on any atom is -0.355 e. The second kappa shape index (κ2) is 5.46. The number of rotatable bonds is 0. The summed E-state index contributed by atoms with van der Waals surface area (Å²) in [5, 5.41) is 0.671. The first kappa shape index (κ1) is 14.3. The normalized spacial score (nSPS) is 12.7. The molecular formula is C20H13ClN4. The van der Waals surface area contributed by atoms with E-state index in [1.165, 1.54) is 0 Å². The van der Waals surface area contributed by atoms with Gasteiger partial charge in [0, 0.05) is 16.6 Å². The Morgan fingerprint density at radius 1 is 0.600 bits per heavy atom. The van der Waals surface area contributed by atoms with Crippen molar-refractivity contribution in [2.45, 2.75) is 0 Å². The van der Waals surface area contributed by atoms with Crippen LogP contribution in [0.4, 0.5) is 0 Å². The Bertz CT molecular complexity index is 1210. The minimum atomic E-state index is 0.671. The standard InChI is InChI=1S/C20H13ClN4/c21-19-10-18-9-16-4-3-14(23-16)7-12-1-2-13(22-12)8-15-5-6-17(24-15)11-20(19)25-18/h1-11,23,25H. The molecule has 0 unspecified atom stereocenters. The van der Waals surface area contributed by atoms with Gasteiger partial charge in [0.2, 0.25) is 0 Å². The molecule has 0 saturated heterocycles. The van der Waals surface area contributed by atoms with Crippen LogP contribution in [0.2, 0.25) is 5.02 Å². The maximum Gasteiger partial charge on any atom is 0.0662 e. The number of hydrogen-bond acceptors (Lipinski definition) is 2. The van der Waals surface area contributed by atoms with Crippen LogP contribution in [0.5, 0.6) is 0 Å². The van der Waals surface area contributed by atoms with Crippen LogP contribution in [-0.4, -0.2) is 19.9 Å². The van der Waals surface area contributed by atoms with E-state index in [-0.39, 0.29) is 0 Å². The van der Waals surface area contributed by atoms with Crippen molar-refractivity contribution in [3.63, 3.8) is 0 Å². The lowest BCUT2D eigenvalue weighted by atomic mass is 10.3. The van der Waals surface area contributed by atoms with Gasteiger partial charge in [-0.3, -0.25) is 0 Å². The first-order valence-corrected chi connectivity index (χ1v) is 8.33. The van der Waals surface area contributed by atoms with Gasteiger partial charge < -0.3 is 9.97 Å². The van der Waals surface area contributed by atoms with Gasteiger partial charge in [-0.1, -0.05) is 11.6 Å². The van der Waals surface area contributed by atoms with E-state index in [1.54, 1.807) is 0 Å². The van der Waals surface area contributed by atoms with Crippen LogP contribution >= 0.6 is 11.6 Å². The van der Waals surface area contributed by atoms with Gasteiger partial charge in [0.15, 0.2) is 0 Å². The highest BCUT2D eigenvalue weighted by Crippen LogP contribution is 2.22. The summed E-state index contributed by atoms with van der Waals surface area (Å²) < 4.78 is 0. The SMILES string of the molecule is Clc1cc2cc3ccc(cc4nc(cc5nc(cc1[nH]2)C=C5)C=C4)[nH]3. The molecule has 0 amide bonds. The summed E-state index contributed by atoms with van der Waals surface area (Å²) in [7, 11) is 0. The van der Waals surface area contributed by atoms with Gasteiger partial charge in [0.05, 0.1) is 33.3 Å². The van der Waals surface area contributed by atoms with Crippen LogP contribution in [0, 0.1) is 0 Å². The molecule has 2 N–H and O–H groups in total. The quantitative estimate of drug-likeness (QED) is 0.400. The Labute approximate surface area is 148 Å². The summed E-state index contributed by atoms with van der Waals surface area (Å²) in [6, 6.07) is 13.9. The zero-order chi connectivity index (χ0) is 16.8. The molecule has 0 aromatic carbocycles. The molecular weight excluding hydrogens is 332 g/mol. The Hall–Kier alpha value is -3.11. The lowest BCUT2D eigenvalue weighted by Crippen LogP contribution is -1.77. The molecule has 0 spiro atoms. The maximum atomic E-state index is 6.36. The molecule has 0 radical (unpaired) electrons. The smallest absolute Gasteiger partial charge is 0.0662 e. The van der Waals surface area contributed by atoms with Gasteiger partial charge in [-0.15, -0.1) is 0 Å². The molecule has 25 heavy (non-hydrogen) atoms. The molecule has 0 atom stereocenters. The third-order valence-electron chi connectivity index (χ3n) is 4.12. The van der Waals surface area contributed by atoms with Gasteiger partial charge >= 0.3 is 0 Å². The van der Waals surface area contributed by atoms with Crippen molar-refractivity contribution >= 4 is 58.0 Å². The zero-order valence-electron chi connectivity index (χ0n) is 13.1. The van der Waals surface area contributed by atoms with Crippen LogP contribution in [0.3, 0.4) is 0 Å². The van der Waals surface area contributed by atoms with Crippen LogP contribution in [0.25, 0.3) is 46.4 Å². The largest absolute Gasteiger partial charge is 0.355 e. The molecule has 5 rings (SSSR count). The fraction of sp³-hybridized carbons (Fsp3) is 0. The zero-order valence-corrected chi connectivity index (χ0v) is 13.9. The van der Waals surface area contributed by atoms with E-state index < -0.39 is 0 Å². The van der Waals surface area contributed by atoms with Crippen molar-refractivity contribution in [1.82, 2.24) is 19.9 Å². The van der Waals surface area contributed by atoms with E-state index in [2.05, 4.69) is 19.9 Å². The summed E-state index contributed by atoms with van der Waals surface area (Å²) in [6.07, 6.45) is 7.94. The van der Waals surface area contributed by atoms with Crippen LogP contribution in [-0.2, 0) is 0 Å². The Morgan fingerprint density at radius 2 is 1.20 bits per heavy atom. The lowest BCUT2D eigenvalue weighted by molar-refractivity contribution is 1.28. The van der Waals surface area contributed by atoms with Gasteiger partial charge in [0.25, 0.3) is 0 Å². The van der Waals surface area contributed by atoms with Gasteiger partial charge in [0.1, 0.15) is 0 Å². The number of aromatic amines is 2. The lowest BCUT2D eigenvalue weighted by Gasteiger charge is -1.86. The summed E-state index contributed by atoms with van der Waals surface area (Å²) in [6.45, 7) is 0. The summed E-state index contributed by atoms with van der Waals surface area (Å²) in [5.41, 5.74) is 7.31. The van der Waals surface area contributed by atoms with Crippen molar-refractivity contribution in [2.75, 3.05) is 0 Å². The summed E-state index contributed by atoms with van der Waals surface area (Å²) >= 11 is 6.36. The minimum absolute atomic E-state index is 0.671. The maximum absolute atomic E-state index is 6.36. The molecule has 0 fully saturated rings. The number of fused-ring (bicyclic) bond motifs is 8.